The number of hydrogen-bond donors (Lipinski definition) is 0. The zero-order valence-corrected chi connectivity index (χ0v) is 21.5. The minimum Gasteiger partial charge on any atom is -0.496 e. The van der Waals surface area contributed by atoms with Gasteiger partial charge >= 0.3 is 0 Å². The Balaban J connectivity index is 1.94. The number of ether oxygens (including phenoxy) is 6. The average Bonchev–Trinajstić information content (AvgIpc) is 2.94. The normalized spacial score (nSPS) is 11.0. The predicted octanol–water partition coefficient (Wildman–Crippen LogP) is 5.68. The lowest BCUT2D eigenvalue weighted by Crippen LogP contribution is -2.05. The second kappa shape index (κ2) is 11.0. The molecule has 192 valence electrons. The van der Waals surface area contributed by atoms with E-state index in [0.717, 1.165) is 5.56 Å². The van der Waals surface area contributed by atoms with Gasteiger partial charge in [0, 0.05) is 17.7 Å². The molecule has 0 aliphatic heterocycles. The molecule has 0 aliphatic rings. The molecule has 1 aromatic heterocycles. The quantitative estimate of drug-likeness (QED) is 0.269. The summed E-state index contributed by atoms with van der Waals surface area (Å²) >= 11 is 0. The van der Waals surface area contributed by atoms with Crippen molar-refractivity contribution in [3.8, 4) is 45.8 Å². The van der Waals surface area contributed by atoms with E-state index >= 15 is 0 Å². The summed E-state index contributed by atoms with van der Waals surface area (Å²) in [5, 5.41) is 0.305. The Morgan fingerprint density at radius 1 is 0.595 bits per heavy atom. The summed E-state index contributed by atoms with van der Waals surface area (Å²) in [6, 6.07) is 13.9. The molecular weight excluding hydrogens is 476 g/mol. The van der Waals surface area contributed by atoms with E-state index in [2.05, 4.69) is 0 Å². The van der Waals surface area contributed by atoms with E-state index in [0.29, 0.717) is 62.4 Å². The molecule has 8 nitrogen and oxygen atoms in total. The molecule has 0 saturated heterocycles. The predicted molar refractivity (Wildman–Crippen MR) is 143 cm³/mol. The van der Waals surface area contributed by atoms with Crippen LogP contribution in [0.25, 0.3) is 34.4 Å². The van der Waals surface area contributed by atoms with Crippen molar-refractivity contribution in [2.75, 3.05) is 42.7 Å². The number of benzene rings is 3. The van der Waals surface area contributed by atoms with Crippen LogP contribution in [-0.2, 0) is 0 Å². The van der Waals surface area contributed by atoms with Crippen molar-refractivity contribution in [2.45, 2.75) is 0 Å². The van der Waals surface area contributed by atoms with Gasteiger partial charge in [-0.25, -0.2) is 0 Å². The third-order valence-corrected chi connectivity index (χ3v) is 5.92. The molecule has 0 atom stereocenters. The first-order valence-corrected chi connectivity index (χ1v) is 11.3. The van der Waals surface area contributed by atoms with Crippen molar-refractivity contribution in [2.24, 2.45) is 0 Å². The first-order valence-electron chi connectivity index (χ1n) is 11.3. The third kappa shape index (κ3) is 4.91. The van der Waals surface area contributed by atoms with Crippen molar-refractivity contribution in [3.05, 3.63) is 69.9 Å². The molecule has 1 heterocycles. The van der Waals surface area contributed by atoms with Gasteiger partial charge in [-0.15, -0.1) is 0 Å². The Hall–Kier alpha value is -4.59. The van der Waals surface area contributed by atoms with Crippen LogP contribution in [0.1, 0.15) is 11.1 Å². The van der Waals surface area contributed by atoms with Crippen LogP contribution in [0.15, 0.2) is 57.7 Å². The van der Waals surface area contributed by atoms with Crippen LogP contribution in [0.5, 0.6) is 34.5 Å². The molecule has 0 unspecified atom stereocenters. The molecule has 0 amide bonds. The molecule has 4 aromatic rings. The van der Waals surface area contributed by atoms with Gasteiger partial charge in [0.25, 0.3) is 0 Å². The maximum Gasteiger partial charge on any atom is 0.197 e. The Bertz CT molecular complexity index is 1520. The topological polar surface area (TPSA) is 85.6 Å². The minimum atomic E-state index is -0.258. The fourth-order valence-electron chi connectivity index (χ4n) is 4.05. The summed E-state index contributed by atoms with van der Waals surface area (Å²) in [6.45, 7) is 0. The number of fused-ring (bicyclic) bond motifs is 1. The highest BCUT2D eigenvalue weighted by Gasteiger charge is 2.19. The summed E-state index contributed by atoms with van der Waals surface area (Å²) in [4.78, 5) is 13.3. The molecule has 3 aromatic carbocycles. The molecule has 4 rings (SSSR count). The van der Waals surface area contributed by atoms with Crippen LogP contribution in [0, 0.1) is 0 Å². The first kappa shape index (κ1) is 25.5. The van der Waals surface area contributed by atoms with E-state index < -0.39 is 0 Å². The zero-order chi connectivity index (χ0) is 26.5. The molecule has 0 N–H and O–H groups in total. The van der Waals surface area contributed by atoms with Gasteiger partial charge in [0.2, 0.25) is 0 Å². The zero-order valence-electron chi connectivity index (χ0n) is 21.5. The van der Waals surface area contributed by atoms with Gasteiger partial charge in [-0.2, -0.15) is 0 Å². The van der Waals surface area contributed by atoms with Crippen LogP contribution in [0.3, 0.4) is 0 Å². The van der Waals surface area contributed by atoms with Crippen molar-refractivity contribution in [3.63, 3.8) is 0 Å². The molecule has 0 radical (unpaired) electrons. The standard InChI is InChI=1S/C29H28O8/c1-31-21-11-8-17(13-25(21)34-4)7-10-19-24(33-3)16-27(36-6)28-20(30)15-23(37-29(19)28)18-9-12-22(32-2)26(14-18)35-5/h7-16H,1-6H3/b10-7+. The summed E-state index contributed by atoms with van der Waals surface area (Å²) in [5.74, 6) is 3.48. The lowest BCUT2D eigenvalue weighted by atomic mass is 10.0. The summed E-state index contributed by atoms with van der Waals surface area (Å²) in [7, 11) is 9.31. The molecule has 0 saturated carbocycles. The third-order valence-electron chi connectivity index (χ3n) is 5.92. The molecule has 0 fully saturated rings. The highest BCUT2D eigenvalue weighted by molar-refractivity contribution is 5.96. The van der Waals surface area contributed by atoms with E-state index in [1.807, 2.05) is 30.4 Å². The molecule has 0 bridgehead atoms. The molecule has 0 spiro atoms. The fourth-order valence-corrected chi connectivity index (χ4v) is 4.05. The van der Waals surface area contributed by atoms with E-state index in [9.17, 15) is 4.79 Å². The summed E-state index contributed by atoms with van der Waals surface area (Å²) < 4.78 is 39.0. The van der Waals surface area contributed by atoms with Gasteiger partial charge < -0.3 is 32.8 Å². The van der Waals surface area contributed by atoms with Crippen molar-refractivity contribution in [1.29, 1.82) is 0 Å². The van der Waals surface area contributed by atoms with Crippen LogP contribution < -0.4 is 33.8 Å². The Morgan fingerprint density at radius 3 is 1.81 bits per heavy atom. The Labute approximate surface area is 214 Å². The molecular formula is C29H28O8. The van der Waals surface area contributed by atoms with Crippen LogP contribution in [0.4, 0.5) is 0 Å². The van der Waals surface area contributed by atoms with E-state index in [1.165, 1.54) is 13.2 Å². The lowest BCUT2D eigenvalue weighted by molar-refractivity contribution is 0.355. The van der Waals surface area contributed by atoms with Gasteiger partial charge in [-0.3, -0.25) is 4.79 Å². The van der Waals surface area contributed by atoms with Gasteiger partial charge in [0.1, 0.15) is 22.6 Å². The Morgan fingerprint density at radius 2 is 1.19 bits per heavy atom. The van der Waals surface area contributed by atoms with E-state index in [1.54, 1.807) is 59.8 Å². The number of hydrogen-bond acceptors (Lipinski definition) is 8. The van der Waals surface area contributed by atoms with Gasteiger partial charge in [0.05, 0.1) is 48.2 Å². The number of rotatable bonds is 9. The fraction of sp³-hybridized carbons (Fsp3) is 0.207. The monoisotopic (exact) mass is 504 g/mol. The minimum absolute atomic E-state index is 0.258. The maximum absolute atomic E-state index is 13.3. The van der Waals surface area contributed by atoms with Crippen molar-refractivity contribution >= 4 is 23.1 Å². The SMILES string of the molecule is COc1ccc(/C=C/c2c(OC)cc(OC)c3c(=O)cc(-c4ccc(OC)c(OC)c4)oc23)cc1OC. The van der Waals surface area contributed by atoms with E-state index in [4.69, 9.17) is 32.8 Å². The van der Waals surface area contributed by atoms with E-state index in [-0.39, 0.29) is 5.43 Å². The van der Waals surface area contributed by atoms with Crippen molar-refractivity contribution in [1.82, 2.24) is 0 Å². The lowest BCUT2D eigenvalue weighted by Gasteiger charge is -2.14. The summed E-state index contributed by atoms with van der Waals surface area (Å²) in [6.07, 6.45) is 3.69. The van der Waals surface area contributed by atoms with Crippen LogP contribution >= 0.6 is 0 Å². The molecule has 37 heavy (non-hydrogen) atoms. The smallest absolute Gasteiger partial charge is 0.197 e. The summed E-state index contributed by atoms with van der Waals surface area (Å²) in [5.41, 5.74) is 2.14. The average molecular weight is 505 g/mol. The highest BCUT2D eigenvalue weighted by atomic mass is 16.5. The van der Waals surface area contributed by atoms with Gasteiger partial charge in [0.15, 0.2) is 34.0 Å². The second-order valence-electron chi connectivity index (χ2n) is 7.89. The van der Waals surface area contributed by atoms with Crippen LogP contribution in [-0.4, -0.2) is 42.7 Å². The molecule has 0 aliphatic carbocycles. The van der Waals surface area contributed by atoms with Gasteiger partial charge in [-0.1, -0.05) is 12.1 Å². The van der Waals surface area contributed by atoms with Crippen molar-refractivity contribution < 1.29 is 32.8 Å². The highest BCUT2D eigenvalue weighted by Crippen LogP contribution is 2.39. The molecule has 8 heteroatoms. The second-order valence-corrected chi connectivity index (χ2v) is 7.89. The Kier molecular flexibility index (Phi) is 7.57. The first-order chi connectivity index (χ1) is 18.0. The van der Waals surface area contributed by atoms with Crippen LogP contribution in [0.2, 0.25) is 0 Å². The number of methoxy groups -OCH3 is 6. The van der Waals surface area contributed by atoms with Gasteiger partial charge in [-0.05, 0) is 42.0 Å². The largest absolute Gasteiger partial charge is 0.496 e. The maximum atomic E-state index is 13.3.